The molecule has 0 saturated heterocycles. The van der Waals surface area contributed by atoms with Crippen LogP contribution in [0.5, 0.6) is 0 Å². The Balaban J connectivity index is 1.83. The molecule has 2 aliphatic rings. The standard InChI is InChI=1S/C15H22N2/c1-11-9-14-12(10-16-11)5-4-8-15(14)17-13-6-2-3-7-13/h4-5,8,11,13,16-17H,2-3,6-7,9-10H2,1H3. The van der Waals surface area contributed by atoms with Crippen LogP contribution in [-0.2, 0) is 13.0 Å². The van der Waals surface area contributed by atoms with Gasteiger partial charge in [0.05, 0.1) is 0 Å². The van der Waals surface area contributed by atoms with Crippen molar-refractivity contribution in [2.75, 3.05) is 5.32 Å². The fourth-order valence-electron chi connectivity index (χ4n) is 3.13. The first-order valence-electron chi connectivity index (χ1n) is 6.93. The topological polar surface area (TPSA) is 24.1 Å². The smallest absolute Gasteiger partial charge is 0.0378 e. The van der Waals surface area contributed by atoms with Gasteiger partial charge in [0.2, 0.25) is 0 Å². The van der Waals surface area contributed by atoms with E-state index in [1.54, 1.807) is 5.56 Å². The molecule has 0 amide bonds. The Morgan fingerprint density at radius 3 is 2.88 bits per heavy atom. The second kappa shape index (κ2) is 4.69. The van der Waals surface area contributed by atoms with Gasteiger partial charge in [-0.3, -0.25) is 0 Å². The maximum absolute atomic E-state index is 3.76. The Morgan fingerprint density at radius 2 is 2.06 bits per heavy atom. The van der Waals surface area contributed by atoms with Gasteiger partial charge in [-0.05, 0) is 43.4 Å². The molecule has 0 bridgehead atoms. The Kier molecular flexibility index (Phi) is 3.06. The molecule has 2 heteroatoms. The highest BCUT2D eigenvalue weighted by atomic mass is 14.9. The Labute approximate surface area is 104 Å². The van der Waals surface area contributed by atoms with Crippen LogP contribution in [0, 0.1) is 0 Å². The Hall–Kier alpha value is -1.02. The molecular formula is C15H22N2. The minimum Gasteiger partial charge on any atom is -0.382 e. The molecule has 0 radical (unpaired) electrons. The van der Waals surface area contributed by atoms with Crippen LogP contribution in [0.2, 0.25) is 0 Å². The molecule has 3 rings (SSSR count). The lowest BCUT2D eigenvalue weighted by atomic mass is 9.94. The van der Waals surface area contributed by atoms with Gasteiger partial charge in [-0.15, -0.1) is 0 Å². The lowest BCUT2D eigenvalue weighted by molar-refractivity contribution is 0.514. The van der Waals surface area contributed by atoms with Gasteiger partial charge < -0.3 is 10.6 Å². The van der Waals surface area contributed by atoms with Gasteiger partial charge in [0, 0.05) is 24.3 Å². The first-order valence-corrected chi connectivity index (χ1v) is 6.93. The molecule has 2 nitrogen and oxygen atoms in total. The minimum absolute atomic E-state index is 0.606. The summed E-state index contributed by atoms with van der Waals surface area (Å²) >= 11 is 0. The SMILES string of the molecule is CC1Cc2c(cccc2NC2CCCC2)CN1. The van der Waals surface area contributed by atoms with Crippen LogP contribution in [0.15, 0.2) is 18.2 Å². The third-order valence-electron chi connectivity index (χ3n) is 4.14. The monoisotopic (exact) mass is 230 g/mol. The molecule has 1 aliphatic carbocycles. The molecule has 1 fully saturated rings. The van der Waals surface area contributed by atoms with Crippen molar-refractivity contribution in [2.45, 2.75) is 57.7 Å². The average Bonchev–Trinajstić information content (AvgIpc) is 2.83. The van der Waals surface area contributed by atoms with E-state index in [0.29, 0.717) is 12.1 Å². The van der Waals surface area contributed by atoms with Crippen molar-refractivity contribution in [3.05, 3.63) is 29.3 Å². The van der Waals surface area contributed by atoms with Gasteiger partial charge in [0.1, 0.15) is 0 Å². The summed E-state index contributed by atoms with van der Waals surface area (Å²) in [6.45, 7) is 3.30. The molecule has 1 heterocycles. The van der Waals surface area contributed by atoms with Gasteiger partial charge >= 0.3 is 0 Å². The van der Waals surface area contributed by atoms with Crippen molar-refractivity contribution >= 4 is 5.69 Å². The number of benzene rings is 1. The molecule has 0 spiro atoms. The summed E-state index contributed by atoms with van der Waals surface area (Å²) in [4.78, 5) is 0. The van der Waals surface area contributed by atoms with E-state index < -0.39 is 0 Å². The lowest BCUT2D eigenvalue weighted by Crippen LogP contribution is -2.33. The fourth-order valence-corrected chi connectivity index (χ4v) is 3.13. The highest BCUT2D eigenvalue weighted by Gasteiger charge is 2.20. The summed E-state index contributed by atoms with van der Waals surface area (Å²) in [5, 5.41) is 7.29. The molecule has 92 valence electrons. The van der Waals surface area contributed by atoms with Crippen molar-refractivity contribution < 1.29 is 0 Å². The maximum Gasteiger partial charge on any atom is 0.0378 e. The van der Waals surface area contributed by atoms with E-state index in [0.717, 1.165) is 13.0 Å². The fraction of sp³-hybridized carbons (Fsp3) is 0.600. The molecule has 1 aromatic carbocycles. The number of hydrogen-bond donors (Lipinski definition) is 2. The van der Waals surface area contributed by atoms with E-state index in [-0.39, 0.29) is 0 Å². The number of rotatable bonds is 2. The summed E-state index contributed by atoms with van der Waals surface area (Å²) in [5.74, 6) is 0. The second-order valence-electron chi connectivity index (χ2n) is 5.56. The van der Waals surface area contributed by atoms with Crippen LogP contribution in [0.3, 0.4) is 0 Å². The minimum atomic E-state index is 0.606. The largest absolute Gasteiger partial charge is 0.382 e. The van der Waals surface area contributed by atoms with Gasteiger partial charge in [-0.25, -0.2) is 0 Å². The highest BCUT2D eigenvalue weighted by molar-refractivity contribution is 5.56. The van der Waals surface area contributed by atoms with Crippen LogP contribution in [0.25, 0.3) is 0 Å². The molecule has 17 heavy (non-hydrogen) atoms. The van der Waals surface area contributed by atoms with E-state index in [4.69, 9.17) is 0 Å². The third-order valence-corrected chi connectivity index (χ3v) is 4.14. The third kappa shape index (κ3) is 2.32. The number of nitrogens with one attached hydrogen (secondary N) is 2. The quantitative estimate of drug-likeness (QED) is 0.816. The normalized spacial score (nSPS) is 24.6. The zero-order valence-electron chi connectivity index (χ0n) is 10.6. The molecule has 1 aromatic rings. The molecular weight excluding hydrogens is 208 g/mol. The van der Waals surface area contributed by atoms with Crippen molar-refractivity contribution in [3.8, 4) is 0 Å². The lowest BCUT2D eigenvalue weighted by Gasteiger charge is -2.27. The number of fused-ring (bicyclic) bond motifs is 1. The van der Waals surface area contributed by atoms with Gasteiger partial charge in [0.15, 0.2) is 0 Å². The highest BCUT2D eigenvalue weighted by Crippen LogP contribution is 2.28. The van der Waals surface area contributed by atoms with Crippen LogP contribution < -0.4 is 10.6 Å². The predicted octanol–water partition coefficient (Wildman–Crippen LogP) is 3.08. The summed E-state index contributed by atoms with van der Waals surface area (Å²) in [5.41, 5.74) is 4.42. The summed E-state index contributed by atoms with van der Waals surface area (Å²) in [7, 11) is 0. The van der Waals surface area contributed by atoms with Crippen molar-refractivity contribution in [1.29, 1.82) is 0 Å². The predicted molar refractivity (Wildman–Crippen MR) is 72.3 cm³/mol. The van der Waals surface area contributed by atoms with Crippen molar-refractivity contribution in [1.82, 2.24) is 5.32 Å². The van der Waals surface area contributed by atoms with Gasteiger partial charge in [0.25, 0.3) is 0 Å². The first-order chi connectivity index (χ1) is 8.33. The van der Waals surface area contributed by atoms with E-state index in [9.17, 15) is 0 Å². The summed E-state index contributed by atoms with van der Waals surface area (Å²) in [6, 6.07) is 8.03. The second-order valence-corrected chi connectivity index (χ2v) is 5.56. The zero-order valence-corrected chi connectivity index (χ0v) is 10.6. The summed E-state index contributed by atoms with van der Waals surface area (Å²) in [6.07, 6.45) is 6.63. The van der Waals surface area contributed by atoms with Crippen LogP contribution in [0.4, 0.5) is 5.69 Å². The van der Waals surface area contributed by atoms with Crippen LogP contribution in [-0.4, -0.2) is 12.1 Å². The number of hydrogen-bond acceptors (Lipinski definition) is 2. The maximum atomic E-state index is 3.76. The Morgan fingerprint density at radius 1 is 1.24 bits per heavy atom. The Bertz CT molecular complexity index is 394. The van der Waals surface area contributed by atoms with Crippen LogP contribution in [0.1, 0.15) is 43.7 Å². The summed E-state index contributed by atoms with van der Waals surface area (Å²) < 4.78 is 0. The van der Waals surface area contributed by atoms with E-state index >= 15 is 0 Å². The average molecular weight is 230 g/mol. The molecule has 1 atom stereocenters. The van der Waals surface area contributed by atoms with Gasteiger partial charge in [-0.2, -0.15) is 0 Å². The van der Waals surface area contributed by atoms with Crippen molar-refractivity contribution in [3.63, 3.8) is 0 Å². The van der Waals surface area contributed by atoms with Crippen molar-refractivity contribution in [2.24, 2.45) is 0 Å². The molecule has 2 N–H and O–H groups in total. The zero-order chi connectivity index (χ0) is 11.7. The van der Waals surface area contributed by atoms with E-state index in [1.165, 1.54) is 36.9 Å². The van der Waals surface area contributed by atoms with E-state index in [2.05, 4.69) is 35.8 Å². The molecule has 1 saturated carbocycles. The number of anilines is 1. The van der Waals surface area contributed by atoms with Crippen LogP contribution >= 0.6 is 0 Å². The molecule has 0 aromatic heterocycles. The first kappa shape index (κ1) is 11.1. The molecule has 1 unspecified atom stereocenters. The molecule has 1 aliphatic heterocycles. The van der Waals surface area contributed by atoms with Gasteiger partial charge in [-0.1, -0.05) is 25.0 Å². The van der Waals surface area contributed by atoms with E-state index in [1.807, 2.05) is 0 Å².